The van der Waals surface area contributed by atoms with Gasteiger partial charge in [0.15, 0.2) is 5.82 Å². The number of aromatic nitrogens is 3. The molecule has 4 nitrogen and oxygen atoms in total. The fraction of sp³-hybridized carbons (Fsp3) is 0. The molecule has 0 bridgehead atoms. The third kappa shape index (κ3) is 1.68. The molecule has 5 heteroatoms. The third-order valence-corrected chi connectivity index (χ3v) is 3.18. The van der Waals surface area contributed by atoms with Gasteiger partial charge in [-0.3, -0.25) is 4.98 Å². The molecule has 0 spiro atoms. The van der Waals surface area contributed by atoms with Gasteiger partial charge in [0, 0.05) is 17.8 Å². The van der Waals surface area contributed by atoms with Crippen molar-refractivity contribution in [2.75, 3.05) is 5.73 Å². The summed E-state index contributed by atoms with van der Waals surface area (Å²) in [6.07, 6.45) is 3.61. The minimum Gasteiger partial charge on any atom is -0.381 e. The van der Waals surface area contributed by atoms with Crippen LogP contribution in [0.4, 0.5) is 5.82 Å². The average Bonchev–Trinajstić information content (AvgIpc) is 2.69. The molecule has 17 heavy (non-hydrogen) atoms. The van der Waals surface area contributed by atoms with Crippen molar-refractivity contribution in [3.63, 3.8) is 0 Å². The Hall–Kier alpha value is -1.88. The van der Waals surface area contributed by atoms with Crippen LogP contribution in [0.25, 0.3) is 16.6 Å². The van der Waals surface area contributed by atoms with Crippen LogP contribution in [0.2, 0.25) is 0 Å². The number of fused-ring (bicyclic) bond motifs is 1. The van der Waals surface area contributed by atoms with E-state index in [1.165, 1.54) is 0 Å². The summed E-state index contributed by atoms with van der Waals surface area (Å²) in [6.45, 7) is 0. The van der Waals surface area contributed by atoms with Crippen molar-refractivity contribution >= 4 is 32.7 Å². The van der Waals surface area contributed by atoms with E-state index in [1.54, 1.807) is 10.9 Å². The summed E-state index contributed by atoms with van der Waals surface area (Å²) in [5.41, 5.74) is 7.63. The molecular weight excluding hydrogens is 280 g/mol. The second-order valence-electron chi connectivity index (χ2n) is 3.65. The van der Waals surface area contributed by atoms with E-state index in [-0.39, 0.29) is 0 Å². The summed E-state index contributed by atoms with van der Waals surface area (Å²) >= 11 is 3.35. The molecule has 0 unspecified atom stereocenters. The highest BCUT2D eigenvalue weighted by atomic mass is 79.9. The molecule has 0 aliphatic carbocycles. The van der Waals surface area contributed by atoms with Gasteiger partial charge in [-0.1, -0.05) is 18.2 Å². The van der Waals surface area contributed by atoms with Crippen LogP contribution < -0.4 is 5.73 Å². The Morgan fingerprint density at radius 2 is 2.00 bits per heavy atom. The van der Waals surface area contributed by atoms with Crippen molar-refractivity contribution in [3.05, 3.63) is 47.2 Å². The zero-order chi connectivity index (χ0) is 11.8. The number of halogens is 1. The quantitative estimate of drug-likeness (QED) is 0.749. The molecule has 0 radical (unpaired) electrons. The molecule has 0 aliphatic rings. The number of nitrogens with two attached hydrogens (primary N) is 1. The van der Waals surface area contributed by atoms with Gasteiger partial charge in [0.05, 0.1) is 15.7 Å². The zero-order valence-electron chi connectivity index (χ0n) is 8.84. The monoisotopic (exact) mass is 288 g/mol. The number of hydrogen-bond donors (Lipinski definition) is 1. The van der Waals surface area contributed by atoms with E-state index in [9.17, 15) is 0 Å². The summed E-state index contributed by atoms with van der Waals surface area (Å²) in [7, 11) is 0. The van der Waals surface area contributed by atoms with Gasteiger partial charge >= 0.3 is 0 Å². The molecule has 2 aromatic heterocycles. The van der Waals surface area contributed by atoms with E-state index in [1.807, 2.05) is 36.5 Å². The van der Waals surface area contributed by atoms with Crippen molar-refractivity contribution in [2.45, 2.75) is 0 Å². The van der Waals surface area contributed by atoms with Gasteiger partial charge in [0.25, 0.3) is 0 Å². The highest BCUT2D eigenvalue weighted by Crippen LogP contribution is 2.23. The van der Waals surface area contributed by atoms with E-state index in [0.29, 0.717) is 5.82 Å². The Morgan fingerprint density at radius 1 is 1.18 bits per heavy atom. The number of nitrogens with zero attached hydrogens (tertiary/aromatic N) is 3. The van der Waals surface area contributed by atoms with Crippen LogP contribution in [0.1, 0.15) is 0 Å². The largest absolute Gasteiger partial charge is 0.381 e. The van der Waals surface area contributed by atoms with E-state index in [2.05, 4.69) is 26.0 Å². The molecule has 0 saturated carbocycles. The van der Waals surface area contributed by atoms with Crippen molar-refractivity contribution in [1.82, 2.24) is 14.8 Å². The Labute approximate surface area is 106 Å². The molecule has 0 amide bonds. The summed E-state index contributed by atoms with van der Waals surface area (Å²) in [4.78, 5) is 4.31. The van der Waals surface area contributed by atoms with Gasteiger partial charge in [0.1, 0.15) is 0 Å². The van der Waals surface area contributed by atoms with Crippen LogP contribution >= 0.6 is 15.9 Å². The predicted octanol–water partition coefficient (Wildman–Crippen LogP) is 2.77. The van der Waals surface area contributed by atoms with E-state index in [0.717, 1.165) is 21.1 Å². The number of hydrogen-bond acceptors (Lipinski definition) is 3. The molecule has 2 N–H and O–H groups in total. The molecule has 1 aromatic carbocycles. The van der Waals surface area contributed by atoms with Crippen LogP contribution in [-0.2, 0) is 0 Å². The molecule has 84 valence electrons. The highest BCUT2D eigenvalue weighted by molar-refractivity contribution is 9.10. The van der Waals surface area contributed by atoms with Gasteiger partial charge in [-0.05, 0) is 28.1 Å². The highest BCUT2D eigenvalue weighted by Gasteiger charge is 2.07. The first-order valence-electron chi connectivity index (χ1n) is 5.10. The molecule has 3 aromatic rings. The normalized spacial score (nSPS) is 10.9. The van der Waals surface area contributed by atoms with Crippen molar-refractivity contribution in [1.29, 1.82) is 0 Å². The molecule has 0 atom stereocenters. The van der Waals surface area contributed by atoms with Gasteiger partial charge in [-0.25, -0.2) is 4.68 Å². The Morgan fingerprint density at radius 3 is 2.76 bits per heavy atom. The van der Waals surface area contributed by atoms with Crippen LogP contribution in [0, 0.1) is 0 Å². The first kappa shape index (κ1) is 10.3. The zero-order valence-corrected chi connectivity index (χ0v) is 10.4. The van der Waals surface area contributed by atoms with Gasteiger partial charge in [-0.15, -0.1) is 5.10 Å². The smallest absolute Gasteiger partial charge is 0.160 e. The molecular formula is C12H9BrN4. The van der Waals surface area contributed by atoms with Crippen molar-refractivity contribution in [2.24, 2.45) is 0 Å². The number of anilines is 1. The molecule has 0 fully saturated rings. The van der Waals surface area contributed by atoms with Gasteiger partial charge in [0.2, 0.25) is 0 Å². The van der Waals surface area contributed by atoms with Crippen LogP contribution in [0.5, 0.6) is 0 Å². The number of rotatable bonds is 1. The van der Waals surface area contributed by atoms with Crippen LogP contribution in [0.3, 0.4) is 0 Å². The lowest BCUT2D eigenvalue weighted by Gasteiger charge is -2.05. The Balaban J connectivity index is 2.30. The second kappa shape index (κ2) is 3.85. The standard InChI is InChI=1S/C12H9BrN4/c13-9-7-17(16-12(9)14)11-5-6-15-10-4-2-1-3-8(10)11/h1-7H,(H2,14,16). The summed E-state index contributed by atoms with van der Waals surface area (Å²) in [5, 5.41) is 5.30. The fourth-order valence-electron chi connectivity index (χ4n) is 1.77. The third-order valence-electron chi connectivity index (χ3n) is 2.57. The average molecular weight is 289 g/mol. The molecule has 3 rings (SSSR count). The Bertz CT molecular complexity index is 665. The lowest BCUT2D eigenvalue weighted by Crippen LogP contribution is -1.97. The maximum Gasteiger partial charge on any atom is 0.160 e. The van der Waals surface area contributed by atoms with Crippen LogP contribution in [-0.4, -0.2) is 14.8 Å². The first-order valence-corrected chi connectivity index (χ1v) is 5.90. The lowest BCUT2D eigenvalue weighted by atomic mass is 10.2. The molecule has 0 aliphatic heterocycles. The van der Waals surface area contributed by atoms with Crippen LogP contribution in [0.15, 0.2) is 47.2 Å². The molecule has 0 saturated heterocycles. The second-order valence-corrected chi connectivity index (χ2v) is 4.51. The Kier molecular flexibility index (Phi) is 2.33. The summed E-state index contributed by atoms with van der Waals surface area (Å²) in [6, 6.07) is 9.85. The minimum absolute atomic E-state index is 0.478. The minimum atomic E-state index is 0.478. The summed E-state index contributed by atoms with van der Waals surface area (Å²) < 4.78 is 2.54. The van der Waals surface area contributed by atoms with E-state index < -0.39 is 0 Å². The fourth-order valence-corrected chi connectivity index (χ4v) is 2.04. The van der Waals surface area contributed by atoms with Crippen molar-refractivity contribution in [3.8, 4) is 5.69 Å². The topological polar surface area (TPSA) is 56.7 Å². The maximum atomic E-state index is 5.73. The van der Waals surface area contributed by atoms with Gasteiger partial charge in [-0.2, -0.15) is 0 Å². The predicted molar refractivity (Wildman–Crippen MR) is 71.0 cm³/mol. The number of benzene rings is 1. The SMILES string of the molecule is Nc1nn(-c2ccnc3ccccc23)cc1Br. The van der Waals surface area contributed by atoms with E-state index >= 15 is 0 Å². The maximum absolute atomic E-state index is 5.73. The lowest BCUT2D eigenvalue weighted by molar-refractivity contribution is 0.891. The van der Waals surface area contributed by atoms with E-state index in [4.69, 9.17) is 5.73 Å². The summed E-state index contributed by atoms with van der Waals surface area (Å²) in [5.74, 6) is 0.478. The number of nitrogen functional groups attached to an aromatic ring is 1. The number of pyridine rings is 1. The number of para-hydroxylation sites is 1. The first-order chi connectivity index (χ1) is 8.25. The van der Waals surface area contributed by atoms with Gasteiger partial charge < -0.3 is 5.73 Å². The molecule has 2 heterocycles. The van der Waals surface area contributed by atoms with Crippen molar-refractivity contribution < 1.29 is 0 Å².